The monoisotopic (exact) mass is 199 g/mol. The van der Waals surface area contributed by atoms with Gasteiger partial charge in [-0.2, -0.15) is 0 Å². The average molecular weight is 200 g/mol. The molecule has 1 aromatic rings. The van der Waals surface area contributed by atoms with Crippen LogP contribution in [0.1, 0.15) is 11.6 Å². The van der Waals surface area contributed by atoms with Crippen LogP contribution in [-0.2, 0) is 4.79 Å². The number of halogens is 1. The Labute approximate surface area is 81.4 Å². The van der Waals surface area contributed by atoms with Crippen LogP contribution in [-0.4, -0.2) is 13.4 Å². The van der Waals surface area contributed by atoms with Crippen molar-refractivity contribution in [1.82, 2.24) is 0 Å². The van der Waals surface area contributed by atoms with Crippen LogP contribution in [0.3, 0.4) is 0 Å². The molecular weight excluding hydrogens is 190 g/mol. The maximum absolute atomic E-state index is 10.5. The Bertz CT molecular complexity index is 314. The Morgan fingerprint density at radius 3 is 2.85 bits per heavy atom. The second-order valence-electron chi connectivity index (χ2n) is 2.55. The van der Waals surface area contributed by atoms with Gasteiger partial charge in [-0.1, -0.05) is 11.6 Å². The molecule has 13 heavy (non-hydrogen) atoms. The second-order valence-corrected chi connectivity index (χ2v) is 2.98. The van der Waals surface area contributed by atoms with E-state index in [2.05, 4.69) is 0 Å². The van der Waals surface area contributed by atoms with E-state index in [1.165, 1.54) is 7.11 Å². The molecule has 1 aromatic carbocycles. The molecule has 70 valence electrons. The van der Waals surface area contributed by atoms with Crippen molar-refractivity contribution in [1.29, 1.82) is 0 Å². The van der Waals surface area contributed by atoms with Crippen molar-refractivity contribution in [2.24, 2.45) is 5.73 Å². The molecule has 0 fully saturated rings. The fourth-order valence-electron chi connectivity index (χ4n) is 1.04. The molecular formula is C9H10ClNO2. The number of carbonyl (C=O) groups excluding carboxylic acids is 1. The summed E-state index contributed by atoms with van der Waals surface area (Å²) in [6.45, 7) is 0. The fourth-order valence-corrected chi connectivity index (χ4v) is 1.22. The predicted molar refractivity (Wildman–Crippen MR) is 51.0 cm³/mol. The zero-order chi connectivity index (χ0) is 9.84. The number of hydrogen-bond acceptors (Lipinski definition) is 3. The van der Waals surface area contributed by atoms with Gasteiger partial charge in [-0.25, -0.2) is 0 Å². The lowest BCUT2D eigenvalue weighted by Gasteiger charge is -2.10. The van der Waals surface area contributed by atoms with Gasteiger partial charge < -0.3 is 15.3 Å². The van der Waals surface area contributed by atoms with E-state index < -0.39 is 6.04 Å². The second kappa shape index (κ2) is 4.25. The van der Waals surface area contributed by atoms with Gasteiger partial charge >= 0.3 is 0 Å². The van der Waals surface area contributed by atoms with Gasteiger partial charge in [-0.15, -0.1) is 0 Å². The van der Waals surface area contributed by atoms with Crippen LogP contribution < -0.4 is 10.5 Å². The molecule has 1 atom stereocenters. The first-order valence-corrected chi connectivity index (χ1v) is 4.11. The highest BCUT2D eigenvalue weighted by atomic mass is 35.5. The molecule has 0 spiro atoms. The van der Waals surface area contributed by atoms with Crippen molar-refractivity contribution in [3.8, 4) is 5.75 Å². The summed E-state index contributed by atoms with van der Waals surface area (Å²) >= 11 is 5.75. The van der Waals surface area contributed by atoms with Crippen LogP contribution in [0.25, 0.3) is 0 Å². The highest BCUT2D eigenvalue weighted by Crippen LogP contribution is 2.26. The molecule has 0 aliphatic rings. The fraction of sp³-hybridized carbons (Fsp3) is 0.222. The zero-order valence-electron chi connectivity index (χ0n) is 7.16. The van der Waals surface area contributed by atoms with Gasteiger partial charge in [-0.05, 0) is 18.2 Å². The Morgan fingerprint density at radius 2 is 2.31 bits per heavy atom. The van der Waals surface area contributed by atoms with Gasteiger partial charge in [0.2, 0.25) is 0 Å². The van der Waals surface area contributed by atoms with Crippen LogP contribution in [0, 0.1) is 0 Å². The van der Waals surface area contributed by atoms with E-state index >= 15 is 0 Å². The Balaban J connectivity index is 3.14. The van der Waals surface area contributed by atoms with Gasteiger partial charge in [-0.3, -0.25) is 0 Å². The summed E-state index contributed by atoms with van der Waals surface area (Å²) in [6.07, 6.45) is 0.647. The minimum atomic E-state index is -0.686. The molecule has 1 rings (SSSR count). The zero-order valence-corrected chi connectivity index (χ0v) is 7.91. The number of rotatable bonds is 3. The van der Waals surface area contributed by atoms with E-state index in [1.807, 2.05) is 0 Å². The third kappa shape index (κ3) is 2.20. The van der Waals surface area contributed by atoms with Crippen LogP contribution >= 0.6 is 11.6 Å². The van der Waals surface area contributed by atoms with Crippen LogP contribution in [0.15, 0.2) is 18.2 Å². The highest BCUT2D eigenvalue weighted by molar-refractivity contribution is 6.30. The minimum Gasteiger partial charge on any atom is -0.496 e. The maximum Gasteiger partial charge on any atom is 0.141 e. The molecule has 0 aliphatic carbocycles. The standard InChI is InChI=1S/C9H10ClNO2/c1-13-9-3-2-6(10)4-7(9)8(11)5-12/h2-5,8H,11H2,1H3. The summed E-state index contributed by atoms with van der Waals surface area (Å²) in [5.74, 6) is 0.573. The third-order valence-electron chi connectivity index (χ3n) is 1.70. The Kier molecular flexibility index (Phi) is 3.28. The van der Waals surface area contributed by atoms with Crippen LogP contribution in [0.5, 0.6) is 5.75 Å². The van der Waals surface area contributed by atoms with E-state index in [1.54, 1.807) is 18.2 Å². The first-order valence-electron chi connectivity index (χ1n) is 3.73. The molecule has 0 aromatic heterocycles. The Morgan fingerprint density at radius 1 is 1.62 bits per heavy atom. The van der Waals surface area contributed by atoms with Crippen molar-refractivity contribution in [2.75, 3.05) is 7.11 Å². The molecule has 0 bridgehead atoms. The minimum absolute atomic E-state index is 0.535. The molecule has 0 saturated heterocycles. The molecule has 1 unspecified atom stereocenters. The summed E-state index contributed by atoms with van der Waals surface area (Å²) in [5, 5.41) is 0.535. The number of aldehydes is 1. The summed E-state index contributed by atoms with van der Waals surface area (Å²) in [7, 11) is 1.52. The molecule has 4 heteroatoms. The number of hydrogen-bond donors (Lipinski definition) is 1. The van der Waals surface area contributed by atoms with Crippen molar-refractivity contribution in [2.45, 2.75) is 6.04 Å². The van der Waals surface area contributed by atoms with Gasteiger partial charge in [0.1, 0.15) is 12.0 Å². The molecule has 0 saturated carbocycles. The van der Waals surface area contributed by atoms with E-state index in [9.17, 15) is 4.79 Å². The lowest BCUT2D eigenvalue weighted by molar-refractivity contribution is -0.109. The Hall–Kier alpha value is -1.06. The number of methoxy groups -OCH3 is 1. The van der Waals surface area contributed by atoms with E-state index in [4.69, 9.17) is 22.1 Å². The number of benzene rings is 1. The summed E-state index contributed by atoms with van der Waals surface area (Å²) in [4.78, 5) is 10.5. The van der Waals surface area contributed by atoms with Gasteiger partial charge in [0.15, 0.2) is 0 Å². The lowest BCUT2D eigenvalue weighted by atomic mass is 10.1. The summed E-state index contributed by atoms with van der Waals surface area (Å²) < 4.78 is 5.03. The smallest absolute Gasteiger partial charge is 0.141 e. The number of ether oxygens (including phenoxy) is 1. The lowest BCUT2D eigenvalue weighted by Crippen LogP contribution is -2.12. The first-order chi connectivity index (χ1) is 6.19. The number of nitrogens with two attached hydrogens (primary N) is 1. The molecule has 0 radical (unpaired) electrons. The van der Waals surface area contributed by atoms with Gasteiger partial charge in [0, 0.05) is 10.6 Å². The van der Waals surface area contributed by atoms with E-state index in [0.717, 1.165) is 0 Å². The molecule has 0 aliphatic heterocycles. The van der Waals surface area contributed by atoms with Crippen molar-refractivity contribution >= 4 is 17.9 Å². The molecule has 0 amide bonds. The third-order valence-corrected chi connectivity index (χ3v) is 1.93. The van der Waals surface area contributed by atoms with Gasteiger partial charge in [0.25, 0.3) is 0 Å². The van der Waals surface area contributed by atoms with Crippen LogP contribution in [0.4, 0.5) is 0 Å². The largest absolute Gasteiger partial charge is 0.496 e. The van der Waals surface area contributed by atoms with Crippen molar-refractivity contribution < 1.29 is 9.53 Å². The van der Waals surface area contributed by atoms with Crippen LogP contribution in [0.2, 0.25) is 5.02 Å². The maximum atomic E-state index is 10.5. The van der Waals surface area contributed by atoms with E-state index in [0.29, 0.717) is 22.6 Å². The average Bonchev–Trinajstić information content (AvgIpc) is 2.16. The normalized spacial score (nSPS) is 12.2. The molecule has 3 nitrogen and oxygen atoms in total. The first kappa shape index (κ1) is 10.0. The number of carbonyl (C=O) groups is 1. The molecule has 2 N–H and O–H groups in total. The quantitative estimate of drug-likeness (QED) is 0.752. The summed E-state index contributed by atoms with van der Waals surface area (Å²) in [6, 6.07) is 4.30. The summed E-state index contributed by atoms with van der Waals surface area (Å²) in [5.41, 5.74) is 6.13. The highest BCUT2D eigenvalue weighted by Gasteiger charge is 2.10. The van der Waals surface area contributed by atoms with Crippen molar-refractivity contribution in [3.63, 3.8) is 0 Å². The van der Waals surface area contributed by atoms with Crippen molar-refractivity contribution in [3.05, 3.63) is 28.8 Å². The topological polar surface area (TPSA) is 52.3 Å². The SMILES string of the molecule is COc1ccc(Cl)cc1C(N)C=O. The molecule has 0 heterocycles. The van der Waals surface area contributed by atoms with Gasteiger partial charge in [0.05, 0.1) is 13.2 Å². The predicted octanol–water partition coefficient (Wildman–Crippen LogP) is 1.55. The van der Waals surface area contributed by atoms with E-state index in [-0.39, 0.29) is 0 Å².